The summed E-state index contributed by atoms with van der Waals surface area (Å²) in [5.74, 6) is 0. The molecule has 0 bridgehead atoms. The maximum atomic E-state index is 3.71. The van der Waals surface area contributed by atoms with Gasteiger partial charge in [-0.15, -0.1) is 11.3 Å². The van der Waals surface area contributed by atoms with Crippen LogP contribution in [0.25, 0.3) is 53.1 Å². The molecule has 0 unspecified atom stereocenters. The molecule has 6 rings (SSSR count). The predicted molar refractivity (Wildman–Crippen MR) is 151 cm³/mol. The van der Waals surface area contributed by atoms with E-state index in [1.165, 1.54) is 96.3 Å². The molecule has 0 fully saturated rings. The quantitative estimate of drug-likeness (QED) is 0.243. The van der Waals surface area contributed by atoms with Crippen LogP contribution in [0.3, 0.4) is 0 Å². The molecule has 6 aromatic rings. The highest BCUT2D eigenvalue weighted by atomic mass is 32.1. The molecular weight excluding hydrogens is 430 g/mol. The number of H-pyrrole nitrogens is 1. The highest BCUT2D eigenvalue weighted by Gasteiger charge is 2.13. The van der Waals surface area contributed by atoms with Crippen molar-refractivity contribution in [3.8, 4) is 11.1 Å². The molecule has 0 atom stereocenters. The first-order valence-corrected chi connectivity index (χ1v) is 13.6. The largest absolute Gasteiger partial charge is 0.354 e. The second-order valence-electron chi connectivity index (χ2n) is 9.59. The van der Waals surface area contributed by atoms with Crippen molar-refractivity contribution < 1.29 is 0 Å². The van der Waals surface area contributed by atoms with E-state index in [1.807, 2.05) is 11.3 Å². The summed E-state index contributed by atoms with van der Waals surface area (Å²) in [7, 11) is 0. The Hall–Kier alpha value is -3.10. The molecule has 4 aromatic carbocycles. The summed E-state index contributed by atoms with van der Waals surface area (Å²) in [6.07, 6.45) is 7.29. The third kappa shape index (κ3) is 3.71. The third-order valence-electron chi connectivity index (χ3n) is 7.17. The number of rotatable bonds is 7. The fourth-order valence-corrected chi connectivity index (χ4v) is 6.49. The van der Waals surface area contributed by atoms with Crippen LogP contribution in [-0.2, 0) is 12.8 Å². The zero-order valence-electron chi connectivity index (χ0n) is 20.1. The average Bonchev–Trinajstić information content (AvgIpc) is 3.43. The van der Waals surface area contributed by atoms with Gasteiger partial charge < -0.3 is 4.98 Å². The van der Waals surface area contributed by atoms with Gasteiger partial charge in [0, 0.05) is 42.0 Å². The van der Waals surface area contributed by atoms with E-state index in [-0.39, 0.29) is 0 Å². The zero-order chi connectivity index (χ0) is 23.1. The number of unbranched alkanes of at least 4 members (excludes halogenated alkanes) is 2. The topological polar surface area (TPSA) is 15.8 Å². The molecule has 2 heterocycles. The number of nitrogens with one attached hydrogen (secondary N) is 1. The Bertz CT molecular complexity index is 1630. The van der Waals surface area contributed by atoms with E-state index >= 15 is 0 Å². The molecule has 2 heteroatoms. The minimum Gasteiger partial charge on any atom is -0.354 e. The minimum atomic E-state index is 1.15. The van der Waals surface area contributed by atoms with Crippen LogP contribution in [0.15, 0.2) is 72.8 Å². The van der Waals surface area contributed by atoms with Gasteiger partial charge in [0.1, 0.15) is 0 Å². The molecule has 1 N–H and O–H groups in total. The van der Waals surface area contributed by atoms with Crippen molar-refractivity contribution in [3.63, 3.8) is 0 Å². The standard InChI is InChI=1S/C32H31NS/c1-3-5-8-21-13-17-31-28(18-21)27-11-7-10-24(32(27)34-31)23-14-16-26-25-15-12-22(9-6-4-2)19-29(25)33-30(26)20-23/h7,10-20,33H,3-6,8-9H2,1-2H3. The first kappa shape index (κ1) is 21.4. The van der Waals surface area contributed by atoms with E-state index < -0.39 is 0 Å². The van der Waals surface area contributed by atoms with Crippen molar-refractivity contribution in [3.05, 3.63) is 83.9 Å². The Kier molecular flexibility index (Phi) is 5.63. The van der Waals surface area contributed by atoms with Gasteiger partial charge in [-0.25, -0.2) is 0 Å². The van der Waals surface area contributed by atoms with Gasteiger partial charge in [-0.3, -0.25) is 0 Å². The Morgan fingerprint density at radius 3 is 2.15 bits per heavy atom. The first-order valence-electron chi connectivity index (χ1n) is 12.7. The lowest BCUT2D eigenvalue weighted by atomic mass is 10.00. The van der Waals surface area contributed by atoms with Crippen LogP contribution >= 0.6 is 11.3 Å². The number of benzene rings is 4. The fraction of sp³-hybridized carbons (Fsp3) is 0.250. The number of hydrogen-bond donors (Lipinski definition) is 1. The number of aryl methyl sites for hydroxylation is 2. The second-order valence-corrected chi connectivity index (χ2v) is 10.6. The van der Waals surface area contributed by atoms with Gasteiger partial charge >= 0.3 is 0 Å². The predicted octanol–water partition coefficient (Wildman–Crippen LogP) is 10.0. The molecule has 170 valence electrons. The summed E-state index contributed by atoms with van der Waals surface area (Å²) >= 11 is 1.93. The number of aromatic amines is 1. The summed E-state index contributed by atoms with van der Waals surface area (Å²) in [5.41, 5.74) is 7.97. The monoisotopic (exact) mass is 461 g/mol. The van der Waals surface area contributed by atoms with E-state index in [9.17, 15) is 0 Å². The van der Waals surface area contributed by atoms with E-state index in [0.717, 1.165) is 6.42 Å². The lowest BCUT2D eigenvalue weighted by Crippen LogP contribution is -1.83. The highest BCUT2D eigenvalue weighted by molar-refractivity contribution is 7.26. The van der Waals surface area contributed by atoms with Crippen molar-refractivity contribution in [1.29, 1.82) is 0 Å². The van der Waals surface area contributed by atoms with Gasteiger partial charge in [-0.05, 0) is 72.2 Å². The van der Waals surface area contributed by atoms with Gasteiger partial charge in [-0.1, -0.05) is 75.2 Å². The molecule has 0 saturated heterocycles. The Morgan fingerprint density at radius 1 is 0.647 bits per heavy atom. The Balaban J connectivity index is 1.45. The Morgan fingerprint density at radius 2 is 1.35 bits per heavy atom. The molecule has 2 aromatic heterocycles. The van der Waals surface area contributed by atoms with E-state index in [1.54, 1.807) is 0 Å². The van der Waals surface area contributed by atoms with Crippen molar-refractivity contribution >= 4 is 53.3 Å². The van der Waals surface area contributed by atoms with Gasteiger partial charge in [0.2, 0.25) is 0 Å². The van der Waals surface area contributed by atoms with Crippen LogP contribution in [0, 0.1) is 0 Å². The van der Waals surface area contributed by atoms with E-state index in [0.29, 0.717) is 0 Å². The van der Waals surface area contributed by atoms with E-state index in [4.69, 9.17) is 0 Å². The summed E-state index contributed by atoms with van der Waals surface area (Å²) in [5, 5.41) is 5.42. The molecule has 0 spiro atoms. The second kappa shape index (κ2) is 8.92. The molecule has 0 aliphatic heterocycles. The molecule has 1 nitrogen and oxygen atoms in total. The molecule has 0 aliphatic rings. The van der Waals surface area contributed by atoms with Crippen molar-refractivity contribution in [2.45, 2.75) is 52.4 Å². The van der Waals surface area contributed by atoms with Crippen LogP contribution in [0.4, 0.5) is 0 Å². The van der Waals surface area contributed by atoms with Crippen LogP contribution in [-0.4, -0.2) is 4.98 Å². The molecule has 34 heavy (non-hydrogen) atoms. The number of aromatic nitrogens is 1. The molecule has 0 saturated carbocycles. The van der Waals surface area contributed by atoms with Gasteiger partial charge in [-0.2, -0.15) is 0 Å². The number of thiophene rings is 1. The first-order chi connectivity index (χ1) is 16.7. The lowest BCUT2D eigenvalue weighted by Gasteiger charge is -2.04. The summed E-state index contributed by atoms with van der Waals surface area (Å²) in [4.78, 5) is 3.71. The maximum absolute atomic E-state index is 3.71. The molecular formula is C32H31NS. The molecule has 0 amide bonds. The van der Waals surface area contributed by atoms with Crippen LogP contribution in [0.5, 0.6) is 0 Å². The van der Waals surface area contributed by atoms with Gasteiger partial charge in [0.15, 0.2) is 0 Å². The SMILES string of the molecule is CCCCc1ccc2c(c1)[nH]c1cc(-c3cccc4c3sc3ccc(CCCC)cc34)ccc12. The summed E-state index contributed by atoms with van der Waals surface area (Å²) < 4.78 is 2.77. The smallest absolute Gasteiger partial charge is 0.0471 e. The van der Waals surface area contributed by atoms with E-state index in [2.05, 4.69) is 91.6 Å². The van der Waals surface area contributed by atoms with Crippen molar-refractivity contribution in [2.75, 3.05) is 0 Å². The maximum Gasteiger partial charge on any atom is 0.0471 e. The van der Waals surface area contributed by atoms with Crippen LogP contribution < -0.4 is 0 Å². The van der Waals surface area contributed by atoms with Crippen molar-refractivity contribution in [1.82, 2.24) is 4.98 Å². The number of hydrogen-bond acceptors (Lipinski definition) is 1. The fourth-order valence-electron chi connectivity index (χ4n) is 5.27. The number of fused-ring (bicyclic) bond motifs is 6. The normalized spacial score (nSPS) is 11.9. The summed E-state index contributed by atoms with van der Waals surface area (Å²) in [6, 6.07) is 27.7. The highest BCUT2D eigenvalue weighted by Crippen LogP contribution is 2.41. The zero-order valence-corrected chi connectivity index (χ0v) is 20.9. The minimum absolute atomic E-state index is 1.15. The van der Waals surface area contributed by atoms with Crippen molar-refractivity contribution in [2.24, 2.45) is 0 Å². The van der Waals surface area contributed by atoms with Gasteiger partial charge in [0.05, 0.1) is 0 Å². The Labute approximate surface area is 205 Å². The lowest BCUT2D eigenvalue weighted by molar-refractivity contribution is 0.796. The molecule has 0 radical (unpaired) electrons. The summed E-state index contributed by atoms with van der Waals surface area (Å²) in [6.45, 7) is 4.52. The van der Waals surface area contributed by atoms with Crippen LogP contribution in [0.2, 0.25) is 0 Å². The van der Waals surface area contributed by atoms with Gasteiger partial charge in [0.25, 0.3) is 0 Å². The average molecular weight is 462 g/mol. The molecule has 0 aliphatic carbocycles. The van der Waals surface area contributed by atoms with Crippen LogP contribution in [0.1, 0.15) is 50.7 Å². The third-order valence-corrected chi connectivity index (χ3v) is 8.39.